The number of fused-ring (bicyclic) bond motifs is 1. The number of nitrogens with zero attached hydrogens (tertiary/aromatic N) is 1. The van der Waals surface area contributed by atoms with Gasteiger partial charge in [0.1, 0.15) is 5.82 Å². The smallest absolute Gasteiger partial charge is 0.178 e. The van der Waals surface area contributed by atoms with Crippen molar-refractivity contribution in [2.75, 3.05) is 6.61 Å². The average molecular weight is 282 g/mol. The van der Waals surface area contributed by atoms with Gasteiger partial charge in [-0.1, -0.05) is 0 Å². The largest absolute Gasteiger partial charge is 0.379 e. The van der Waals surface area contributed by atoms with Gasteiger partial charge in [-0.3, -0.25) is 0 Å². The molecule has 1 heterocycles. The first-order valence-electron chi connectivity index (χ1n) is 6.57. The number of rotatable bonds is 6. The summed E-state index contributed by atoms with van der Waals surface area (Å²) in [5.41, 5.74) is 1.71. The molecule has 0 fully saturated rings. The summed E-state index contributed by atoms with van der Waals surface area (Å²) in [6, 6.07) is 4.70. The molecular weight excluding hydrogens is 263 g/mol. The van der Waals surface area contributed by atoms with Gasteiger partial charge in [0.15, 0.2) is 4.77 Å². The highest BCUT2D eigenvalue weighted by atomic mass is 32.1. The summed E-state index contributed by atoms with van der Waals surface area (Å²) in [5, 5.41) is 0. The number of imidazole rings is 1. The molecule has 0 saturated heterocycles. The Labute approximate surface area is 117 Å². The molecule has 1 N–H and O–H groups in total. The molecule has 0 spiro atoms. The molecule has 0 atom stereocenters. The summed E-state index contributed by atoms with van der Waals surface area (Å²) >= 11 is 5.27. The number of benzene rings is 1. The molecular formula is C14H19FN2OS. The van der Waals surface area contributed by atoms with Gasteiger partial charge in [0.2, 0.25) is 0 Å². The van der Waals surface area contributed by atoms with E-state index in [4.69, 9.17) is 17.0 Å². The number of aryl methyl sites for hydroxylation is 1. The number of nitrogens with one attached hydrogen (secondary N) is 1. The van der Waals surface area contributed by atoms with Crippen LogP contribution in [0.1, 0.15) is 26.7 Å². The van der Waals surface area contributed by atoms with Crippen molar-refractivity contribution < 1.29 is 9.13 Å². The Balaban J connectivity index is 2.00. The first-order valence-corrected chi connectivity index (χ1v) is 6.98. The van der Waals surface area contributed by atoms with Crippen molar-refractivity contribution in [1.82, 2.24) is 9.55 Å². The topological polar surface area (TPSA) is 29.9 Å². The van der Waals surface area contributed by atoms with E-state index in [9.17, 15) is 4.39 Å². The molecule has 104 valence electrons. The number of halogens is 1. The van der Waals surface area contributed by atoms with Gasteiger partial charge in [0, 0.05) is 13.2 Å². The number of ether oxygens (including phenoxy) is 1. The lowest BCUT2D eigenvalue weighted by molar-refractivity contribution is 0.0755. The van der Waals surface area contributed by atoms with E-state index in [1.165, 1.54) is 12.1 Å². The number of hydrogen-bond donors (Lipinski definition) is 1. The summed E-state index contributed by atoms with van der Waals surface area (Å²) in [4.78, 5) is 3.03. The van der Waals surface area contributed by atoms with Crippen LogP contribution in [-0.2, 0) is 11.3 Å². The number of unbranched alkanes of at least 4 members (excludes halogenated alkanes) is 1. The molecule has 19 heavy (non-hydrogen) atoms. The highest BCUT2D eigenvalue weighted by Gasteiger charge is 2.05. The van der Waals surface area contributed by atoms with E-state index in [-0.39, 0.29) is 11.9 Å². The highest BCUT2D eigenvalue weighted by molar-refractivity contribution is 7.71. The van der Waals surface area contributed by atoms with Crippen LogP contribution in [0.3, 0.4) is 0 Å². The summed E-state index contributed by atoms with van der Waals surface area (Å²) in [5.74, 6) is -0.249. The van der Waals surface area contributed by atoms with Crippen LogP contribution in [-0.4, -0.2) is 22.3 Å². The summed E-state index contributed by atoms with van der Waals surface area (Å²) in [6.07, 6.45) is 2.26. The fourth-order valence-electron chi connectivity index (χ4n) is 2.05. The van der Waals surface area contributed by atoms with E-state index in [0.717, 1.165) is 37.0 Å². The van der Waals surface area contributed by atoms with Crippen molar-refractivity contribution in [3.63, 3.8) is 0 Å². The van der Waals surface area contributed by atoms with Crippen LogP contribution in [0.15, 0.2) is 18.2 Å². The minimum Gasteiger partial charge on any atom is -0.379 e. The van der Waals surface area contributed by atoms with Crippen molar-refractivity contribution in [3.8, 4) is 0 Å². The Kier molecular flexibility index (Phi) is 4.71. The number of aromatic amines is 1. The van der Waals surface area contributed by atoms with Gasteiger partial charge in [0.05, 0.1) is 17.1 Å². The Morgan fingerprint density at radius 2 is 2.16 bits per heavy atom. The van der Waals surface area contributed by atoms with Crippen LogP contribution in [0.5, 0.6) is 0 Å². The Morgan fingerprint density at radius 3 is 2.89 bits per heavy atom. The molecule has 0 amide bonds. The van der Waals surface area contributed by atoms with Gasteiger partial charge in [-0.05, 0) is 57.1 Å². The second kappa shape index (κ2) is 6.30. The molecule has 0 saturated carbocycles. The molecule has 0 unspecified atom stereocenters. The maximum absolute atomic E-state index is 13.1. The van der Waals surface area contributed by atoms with Crippen LogP contribution in [0.4, 0.5) is 4.39 Å². The second-order valence-corrected chi connectivity index (χ2v) is 5.26. The second-order valence-electron chi connectivity index (χ2n) is 4.87. The zero-order valence-corrected chi connectivity index (χ0v) is 12.1. The molecule has 0 aliphatic heterocycles. The van der Waals surface area contributed by atoms with E-state index >= 15 is 0 Å². The van der Waals surface area contributed by atoms with Gasteiger partial charge in [-0.2, -0.15) is 0 Å². The molecule has 5 heteroatoms. The first-order chi connectivity index (χ1) is 9.08. The van der Waals surface area contributed by atoms with Crippen LogP contribution < -0.4 is 0 Å². The van der Waals surface area contributed by atoms with Crippen molar-refractivity contribution in [2.24, 2.45) is 0 Å². The van der Waals surface area contributed by atoms with Crippen molar-refractivity contribution >= 4 is 23.3 Å². The maximum atomic E-state index is 13.1. The fourth-order valence-corrected chi connectivity index (χ4v) is 2.35. The minimum absolute atomic E-state index is 0.249. The van der Waals surface area contributed by atoms with Gasteiger partial charge < -0.3 is 14.3 Å². The zero-order valence-electron chi connectivity index (χ0n) is 11.3. The molecule has 2 aromatic rings. The predicted octanol–water partition coefficient (Wildman–Crippen LogP) is 4.04. The quantitative estimate of drug-likeness (QED) is 0.640. The molecule has 0 bridgehead atoms. The van der Waals surface area contributed by atoms with Gasteiger partial charge in [-0.25, -0.2) is 4.39 Å². The summed E-state index contributed by atoms with van der Waals surface area (Å²) in [6.45, 7) is 5.66. The number of H-pyrrole nitrogens is 1. The summed E-state index contributed by atoms with van der Waals surface area (Å²) in [7, 11) is 0. The van der Waals surface area contributed by atoms with Gasteiger partial charge in [-0.15, -0.1) is 0 Å². The molecule has 0 radical (unpaired) electrons. The van der Waals surface area contributed by atoms with Gasteiger partial charge >= 0.3 is 0 Å². The minimum atomic E-state index is -0.249. The number of hydrogen-bond acceptors (Lipinski definition) is 2. The molecule has 3 nitrogen and oxygen atoms in total. The maximum Gasteiger partial charge on any atom is 0.178 e. The van der Waals surface area contributed by atoms with Crippen LogP contribution in [0, 0.1) is 10.6 Å². The fraction of sp³-hybridized carbons (Fsp3) is 0.500. The molecule has 1 aromatic carbocycles. The molecule has 1 aromatic heterocycles. The van der Waals surface area contributed by atoms with Crippen LogP contribution >= 0.6 is 12.2 Å². The third kappa shape index (κ3) is 3.64. The highest BCUT2D eigenvalue weighted by Crippen LogP contribution is 2.16. The Hall–Kier alpha value is -1.20. The predicted molar refractivity (Wildman–Crippen MR) is 77.4 cm³/mol. The third-order valence-electron chi connectivity index (χ3n) is 2.96. The first kappa shape index (κ1) is 14.2. The van der Waals surface area contributed by atoms with E-state index in [0.29, 0.717) is 4.77 Å². The number of aromatic nitrogens is 2. The molecule has 0 aliphatic rings. The van der Waals surface area contributed by atoms with E-state index in [1.54, 1.807) is 6.07 Å². The van der Waals surface area contributed by atoms with E-state index < -0.39 is 0 Å². The molecule has 2 rings (SSSR count). The third-order valence-corrected chi connectivity index (χ3v) is 3.29. The van der Waals surface area contributed by atoms with Crippen molar-refractivity contribution in [3.05, 3.63) is 28.8 Å². The van der Waals surface area contributed by atoms with E-state index in [2.05, 4.69) is 4.98 Å². The lowest BCUT2D eigenvalue weighted by Gasteiger charge is -2.08. The lowest BCUT2D eigenvalue weighted by atomic mass is 10.3. The van der Waals surface area contributed by atoms with E-state index in [1.807, 2.05) is 18.4 Å². The van der Waals surface area contributed by atoms with Crippen LogP contribution in [0.25, 0.3) is 11.0 Å². The Morgan fingerprint density at radius 1 is 1.37 bits per heavy atom. The standard InChI is InChI=1S/C14H19FN2OS/c1-10(2)18-8-4-3-7-17-13-6-5-11(15)9-12(13)16-14(17)19/h5-6,9-10H,3-4,7-8H2,1-2H3,(H,16,19). The van der Waals surface area contributed by atoms with Crippen LogP contribution in [0.2, 0.25) is 0 Å². The van der Waals surface area contributed by atoms with Gasteiger partial charge in [0.25, 0.3) is 0 Å². The lowest BCUT2D eigenvalue weighted by Crippen LogP contribution is -2.05. The zero-order chi connectivity index (χ0) is 13.8. The molecule has 0 aliphatic carbocycles. The SMILES string of the molecule is CC(C)OCCCCn1c(=S)[nH]c2cc(F)ccc21. The van der Waals surface area contributed by atoms with Crippen molar-refractivity contribution in [1.29, 1.82) is 0 Å². The normalized spacial score (nSPS) is 11.6. The monoisotopic (exact) mass is 282 g/mol. The average Bonchev–Trinajstić information content (AvgIpc) is 2.64. The van der Waals surface area contributed by atoms with Crippen molar-refractivity contribution in [2.45, 2.75) is 39.3 Å². The Bertz CT molecular complexity index is 603. The summed E-state index contributed by atoms with van der Waals surface area (Å²) < 4.78 is 21.3.